The maximum atomic E-state index is 13.3. The second-order valence-corrected chi connectivity index (χ2v) is 14.0. The Morgan fingerprint density at radius 2 is 1.92 bits per heavy atom. The highest BCUT2D eigenvalue weighted by Crippen LogP contribution is 2.57. The molecule has 3 aromatic rings. The molecule has 2 aromatic heterocycles. The van der Waals surface area contributed by atoms with Crippen molar-refractivity contribution >= 4 is 21.7 Å². The number of amides is 2. The zero-order valence-corrected chi connectivity index (χ0v) is 23.1. The number of sulfone groups is 1. The van der Waals surface area contributed by atoms with Crippen LogP contribution in [-0.2, 0) is 16.4 Å². The van der Waals surface area contributed by atoms with Crippen LogP contribution in [0, 0.1) is 18.8 Å². The molecule has 8 rings (SSSR count). The number of nitrogens with one attached hydrogen (secondary N) is 2. The van der Waals surface area contributed by atoms with E-state index in [1.54, 1.807) is 12.3 Å². The number of pyridine rings is 1. The number of fused-ring (bicyclic) bond motifs is 1. The van der Waals surface area contributed by atoms with Gasteiger partial charge in [-0.3, -0.25) is 14.6 Å². The lowest BCUT2D eigenvalue weighted by atomic mass is 9.50. The number of aromatic amines is 1. The van der Waals surface area contributed by atoms with E-state index in [0.717, 1.165) is 55.4 Å². The van der Waals surface area contributed by atoms with Crippen LogP contribution in [0.4, 0.5) is 0 Å². The number of rotatable bonds is 7. The van der Waals surface area contributed by atoms with Crippen molar-refractivity contribution < 1.29 is 18.0 Å². The molecule has 39 heavy (non-hydrogen) atoms. The highest BCUT2D eigenvalue weighted by molar-refractivity contribution is 7.90. The lowest BCUT2D eigenvalue weighted by molar-refractivity contribution is -0.0439. The Morgan fingerprint density at radius 1 is 1.18 bits per heavy atom. The van der Waals surface area contributed by atoms with Crippen molar-refractivity contribution in [3.8, 4) is 22.6 Å². The molecule has 202 valence electrons. The van der Waals surface area contributed by atoms with Crippen LogP contribution < -0.4 is 5.32 Å². The highest BCUT2D eigenvalue weighted by atomic mass is 32.2. The molecule has 4 aliphatic carbocycles. The Bertz CT molecular complexity index is 1660. The van der Waals surface area contributed by atoms with Gasteiger partial charge in [0.2, 0.25) is 0 Å². The first-order valence-electron chi connectivity index (χ1n) is 13.6. The number of H-pyrrole nitrogens is 1. The molecule has 2 amide bonds. The van der Waals surface area contributed by atoms with E-state index in [2.05, 4.69) is 20.3 Å². The van der Waals surface area contributed by atoms with Crippen molar-refractivity contribution in [2.75, 3.05) is 6.26 Å². The summed E-state index contributed by atoms with van der Waals surface area (Å²) in [5.74, 6) is 1.34. The topological polar surface area (TPSA) is 125 Å². The monoisotopic (exact) mass is 545 g/mol. The summed E-state index contributed by atoms with van der Waals surface area (Å²) in [6.07, 6.45) is 8.15. The second kappa shape index (κ2) is 8.24. The van der Waals surface area contributed by atoms with Gasteiger partial charge < -0.3 is 15.2 Å². The van der Waals surface area contributed by atoms with E-state index in [1.807, 2.05) is 36.9 Å². The van der Waals surface area contributed by atoms with E-state index < -0.39 is 9.84 Å². The summed E-state index contributed by atoms with van der Waals surface area (Å²) in [5, 5.41) is 3.16. The Hall–Kier alpha value is -3.53. The number of aromatic nitrogens is 3. The minimum absolute atomic E-state index is 0.0379. The van der Waals surface area contributed by atoms with E-state index in [0.29, 0.717) is 46.5 Å². The van der Waals surface area contributed by atoms with Crippen LogP contribution in [0.3, 0.4) is 0 Å². The van der Waals surface area contributed by atoms with E-state index in [4.69, 9.17) is 0 Å². The molecule has 4 saturated carbocycles. The van der Waals surface area contributed by atoms with Gasteiger partial charge in [-0.15, -0.1) is 0 Å². The molecule has 1 atom stereocenters. The molecule has 1 aliphatic heterocycles. The minimum Gasteiger partial charge on any atom is -0.345 e. The maximum Gasteiger partial charge on any atom is 0.272 e. The summed E-state index contributed by atoms with van der Waals surface area (Å²) in [4.78, 5) is 40.4. The third-order valence-electron chi connectivity index (χ3n) is 9.05. The zero-order valence-electron chi connectivity index (χ0n) is 22.2. The van der Waals surface area contributed by atoms with Crippen molar-refractivity contribution in [2.24, 2.45) is 11.8 Å². The van der Waals surface area contributed by atoms with Crippen LogP contribution in [0.1, 0.15) is 71.1 Å². The predicted molar refractivity (Wildman–Crippen MR) is 145 cm³/mol. The largest absolute Gasteiger partial charge is 0.345 e. The summed E-state index contributed by atoms with van der Waals surface area (Å²) in [7, 11) is -3.65. The maximum absolute atomic E-state index is 13.3. The number of imidazole rings is 1. The zero-order chi connectivity index (χ0) is 27.3. The van der Waals surface area contributed by atoms with E-state index >= 15 is 0 Å². The smallest absolute Gasteiger partial charge is 0.272 e. The van der Waals surface area contributed by atoms with E-state index in [1.165, 1.54) is 0 Å². The van der Waals surface area contributed by atoms with Gasteiger partial charge in [0.15, 0.2) is 15.7 Å². The Morgan fingerprint density at radius 3 is 2.56 bits per heavy atom. The lowest BCUT2D eigenvalue weighted by Crippen LogP contribution is -2.68. The SMILES string of the molecule is Cc1[nH]c(-c2cc(-c3cc4c(c(S(C)(=O)=O)c3)C(=O)N([C@@H](C)C3CC3)C4)ccn2)nc1C(=O)NC12CC(C1)C2. The first-order chi connectivity index (χ1) is 18.5. The van der Waals surface area contributed by atoms with Gasteiger partial charge in [0, 0.05) is 36.3 Å². The fraction of sp³-hybridized carbons (Fsp3) is 0.448. The van der Waals surface area contributed by atoms with E-state index in [-0.39, 0.29) is 28.3 Å². The predicted octanol–water partition coefficient (Wildman–Crippen LogP) is 3.89. The average Bonchev–Trinajstić information content (AvgIpc) is 3.55. The van der Waals surface area contributed by atoms with Gasteiger partial charge in [0.05, 0.1) is 10.5 Å². The molecule has 3 heterocycles. The fourth-order valence-corrected chi connectivity index (χ4v) is 7.46. The van der Waals surface area contributed by atoms with Crippen molar-refractivity contribution in [2.45, 2.75) is 69.0 Å². The van der Waals surface area contributed by atoms with Crippen LogP contribution in [0.5, 0.6) is 0 Å². The molecule has 10 heteroatoms. The number of carbonyl (C=O) groups is 2. The number of aryl methyl sites for hydroxylation is 1. The molecule has 0 radical (unpaired) electrons. The van der Waals surface area contributed by atoms with Crippen LogP contribution in [-0.4, -0.2) is 57.9 Å². The summed E-state index contributed by atoms with van der Waals surface area (Å²) >= 11 is 0. The van der Waals surface area contributed by atoms with Gasteiger partial charge in [0.25, 0.3) is 11.8 Å². The number of hydrogen-bond donors (Lipinski definition) is 2. The Balaban J connectivity index is 1.22. The van der Waals surface area contributed by atoms with Crippen molar-refractivity contribution in [3.05, 3.63) is 53.0 Å². The van der Waals surface area contributed by atoms with Crippen LogP contribution in [0.25, 0.3) is 22.6 Å². The van der Waals surface area contributed by atoms with Crippen molar-refractivity contribution in [1.82, 2.24) is 25.2 Å². The Labute approximate surface area is 227 Å². The van der Waals surface area contributed by atoms with Crippen molar-refractivity contribution in [1.29, 1.82) is 0 Å². The summed E-state index contributed by atoms with van der Waals surface area (Å²) in [5.41, 5.74) is 4.00. The summed E-state index contributed by atoms with van der Waals surface area (Å²) in [6.45, 7) is 4.27. The molecule has 9 nitrogen and oxygen atoms in total. The summed E-state index contributed by atoms with van der Waals surface area (Å²) < 4.78 is 25.7. The van der Waals surface area contributed by atoms with Crippen LogP contribution >= 0.6 is 0 Å². The number of benzene rings is 1. The van der Waals surface area contributed by atoms with Gasteiger partial charge in [-0.25, -0.2) is 13.4 Å². The normalized spacial score (nSPS) is 24.1. The second-order valence-electron chi connectivity index (χ2n) is 12.0. The highest BCUT2D eigenvalue weighted by Gasteiger charge is 2.57. The molecule has 5 aliphatic rings. The molecule has 2 bridgehead atoms. The lowest BCUT2D eigenvalue weighted by Gasteiger charge is -2.61. The number of hydrogen-bond acceptors (Lipinski definition) is 6. The van der Waals surface area contributed by atoms with Gasteiger partial charge >= 0.3 is 0 Å². The first-order valence-corrected chi connectivity index (χ1v) is 15.4. The molecule has 0 saturated heterocycles. The molecule has 0 unspecified atom stereocenters. The van der Waals surface area contributed by atoms with Gasteiger partial charge in [0.1, 0.15) is 11.4 Å². The molecule has 1 aromatic carbocycles. The van der Waals surface area contributed by atoms with Gasteiger partial charge in [-0.2, -0.15) is 0 Å². The minimum atomic E-state index is -3.65. The average molecular weight is 546 g/mol. The summed E-state index contributed by atoms with van der Waals surface area (Å²) in [6, 6.07) is 7.22. The molecule has 4 fully saturated rings. The molecular formula is C29H31N5O4S. The van der Waals surface area contributed by atoms with E-state index in [9.17, 15) is 18.0 Å². The molecule has 0 spiro atoms. The Kier molecular flexibility index (Phi) is 5.18. The third-order valence-corrected chi connectivity index (χ3v) is 10.2. The van der Waals surface area contributed by atoms with Gasteiger partial charge in [-0.1, -0.05) is 0 Å². The first kappa shape index (κ1) is 24.5. The quantitative estimate of drug-likeness (QED) is 0.464. The number of carbonyl (C=O) groups excluding carboxylic acids is 2. The van der Waals surface area contributed by atoms with Crippen molar-refractivity contribution in [3.63, 3.8) is 0 Å². The van der Waals surface area contributed by atoms with Crippen LogP contribution in [0.15, 0.2) is 35.4 Å². The standard InChI is InChI=1S/C29H31N5O4S/c1-15-25(27(35)33-29-11-17(12-29)13-29)32-26(31-15)22-9-19(6-7-30-22)20-8-21-14-34(16(2)18-4-5-18)28(36)24(21)23(10-20)39(3,37)38/h6-10,16-18H,4-5,11-14H2,1-3H3,(H,31,32)(H,33,35)/t16-,17?,29?/m0/s1. The number of nitrogens with zero attached hydrogens (tertiary/aromatic N) is 3. The molecule has 2 N–H and O–H groups in total. The third kappa shape index (κ3) is 3.99. The van der Waals surface area contributed by atoms with Crippen LogP contribution in [0.2, 0.25) is 0 Å². The molecular weight excluding hydrogens is 514 g/mol. The fourth-order valence-electron chi connectivity index (χ4n) is 6.53. The van der Waals surface area contributed by atoms with Gasteiger partial charge in [-0.05, 0) is 98.7 Å².